The van der Waals surface area contributed by atoms with E-state index in [9.17, 15) is 4.79 Å². The van der Waals surface area contributed by atoms with E-state index in [1.807, 2.05) is 31.7 Å². The minimum atomic E-state index is -0.147. The molecule has 0 bridgehead atoms. The van der Waals surface area contributed by atoms with E-state index < -0.39 is 0 Å². The highest BCUT2D eigenvalue weighted by atomic mass is 35.5. The van der Waals surface area contributed by atoms with Crippen LogP contribution in [0, 0.1) is 0 Å². The molecule has 0 aromatic heterocycles. The van der Waals surface area contributed by atoms with Crippen molar-refractivity contribution < 1.29 is 4.79 Å². The molecule has 0 saturated carbocycles. The van der Waals surface area contributed by atoms with Gasteiger partial charge in [0.2, 0.25) is 5.91 Å². The summed E-state index contributed by atoms with van der Waals surface area (Å²) in [6.07, 6.45) is 0. The smallest absolute Gasteiger partial charge is 0.235 e. The molecule has 1 unspecified atom stereocenters. The van der Waals surface area contributed by atoms with Crippen molar-refractivity contribution in [2.75, 3.05) is 18.8 Å². The molecule has 0 aliphatic heterocycles. The molecular formula is C13H19ClN2OS. The Kier molecular flexibility index (Phi) is 5.82. The largest absolute Gasteiger partial charge is 0.399 e. The summed E-state index contributed by atoms with van der Waals surface area (Å²) in [6, 6.07) is 5.36. The van der Waals surface area contributed by atoms with Crippen molar-refractivity contribution in [3.05, 3.63) is 23.2 Å². The second kappa shape index (κ2) is 6.90. The predicted octanol–water partition coefficient (Wildman–Crippen LogP) is 3.27. The summed E-state index contributed by atoms with van der Waals surface area (Å²) in [5.74, 6) is 0.137. The van der Waals surface area contributed by atoms with Gasteiger partial charge in [0.05, 0.1) is 10.3 Å². The van der Waals surface area contributed by atoms with Crippen LogP contribution in [0.25, 0.3) is 0 Å². The molecule has 0 aliphatic carbocycles. The Labute approximate surface area is 118 Å². The second-order valence-corrected chi connectivity index (χ2v) is 5.75. The lowest BCUT2D eigenvalue weighted by atomic mass is 10.3. The lowest BCUT2D eigenvalue weighted by Crippen LogP contribution is -2.36. The number of halogens is 1. The summed E-state index contributed by atoms with van der Waals surface area (Å²) in [5.41, 5.74) is 6.27. The number of thioether (sulfide) groups is 1. The molecule has 0 radical (unpaired) electrons. The van der Waals surface area contributed by atoms with Gasteiger partial charge in [-0.05, 0) is 39.0 Å². The Hall–Kier alpha value is -0.870. The molecule has 3 nitrogen and oxygen atoms in total. The van der Waals surface area contributed by atoms with Crippen molar-refractivity contribution in [3.63, 3.8) is 0 Å². The number of amides is 1. The quantitative estimate of drug-likeness (QED) is 0.667. The van der Waals surface area contributed by atoms with Crippen molar-refractivity contribution in [3.8, 4) is 0 Å². The molecular weight excluding hydrogens is 268 g/mol. The molecule has 0 heterocycles. The van der Waals surface area contributed by atoms with E-state index in [1.165, 1.54) is 11.8 Å². The van der Waals surface area contributed by atoms with Crippen LogP contribution in [0.4, 0.5) is 5.69 Å². The zero-order chi connectivity index (χ0) is 13.7. The second-order valence-electron chi connectivity index (χ2n) is 3.96. The molecule has 0 spiro atoms. The monoisotopic (exact) mass is 286 g/mol. The van der Waals surface area contributed by atoms with Gasteiger partial charge in [-0.2, -0.15) is 0 Å². The molecule has 1 atom stereocenters. The summed E-state index contributed by atoms with van der Waals surface area (Å²) >= 11 is 7.57. The van der Waals surface area contributed by atoms with Gasteiger partial charge in [-0.15, -0.1) is 11.8 Å². The fourth-order valence-corrected chi connectivity index (χ4v) is 2.92. The van der Waals surface area contributed by atoms with Crippen molar-refractivity contribution in [2.45, 2.75) is 30.9 Å². The molecule has 1 aromatic rings. The number of nitrogens with zero attached hydrogens (tertiary/aromatic N) is 1. The SMILES string of the molecule is CCN(CC)C(=O)C(C)Sc1ccc(N)cc1Cl. The van der Waals surface area contributed by atoms with Gasteiger partial charge in [0.25, 0.3) is 0 Å². The minimum absolute atomic E-state index is 0.137. The Bertz CT molecular complexity index is 421. The van der Waals surface area contributed by atoms with Crippen molar-refractivity contribution in [1.82, 2.24) is 4.90 Å². The number of hydrogen-bond acceptors (Lipinski definition) is 3. The number of carbonyl (C=O) groups excluding carboxylic acids is 1. The first-order chi connectivity index (χ1) is 8.49. The highest BCUT2D eigenvalue weighted by molar-refractivity contribution is 8.00. The van der Waals surface area contributed by atoms with E-state index >= 15 is 0 Å². The molecule has 100 valence electrons. The van der Waals surface area contributed by atoms with Gasteiger partial charge in [-0.25, -0.2) is 0 Å². The molecule has 5 heteroatoms. The van der Waals surface area contributed by atoms with E-state index in [4.69, 9.17) is 17.3 Å². The summed E-state index contributed by atoms with van der Waals surface area (Å²) < 4.78 is 0. The van der Waals surface area contributed by atoms with Crippen molar-refractivity contribution in [2.24, 2.45) is 0 Å². The Balaban J connectivity index is 2.75. The lowest BCUT2D eigenvalue weighted by molar-refractivity contribution is -0.129. The van der Waals surface area contributed by atoms with E-state index in [0.717, 1.165) is 18.0 Å². The Morgan fingerprint density at radius 2 is 2.06 bits per heavy atom. The van der Waals surface area contributed by atoms with Crippen LogP contribution in [0.1, 0.15) is 20.8 Å². The zero-order valence-corrected chi connectivity index (χ0v) is 12.5. The van der Waals surface area contributed by atoms with Crippen LogP contribution in [0.2, 0.25) is 5.02 Å². The average molecular weight is 287 g/mol. The molecule has 0 fully saturated rings. The molecule has 1 rings (SSSR count). The van der Waals surface area contributed by atoms with Crippen LogP contribution in [-0.2, 0) is 4.79 Å². The fourth-order valence-electron chi connectivity index (χ4n) is 1.65. The maximum Gasteiger partial charge on any atom is 0.235 e. The van der Waals surface area contributed by atoms with Crippen LogP contribution < -0.4 is 5.73 Å². The van der Waals surface area contributed by atoms with Crippen LogP contribution in [0.3, 0.4) is 0 Å². The van der Waals surface area contributed by atoms with Crippen LogP contribution in [0.15, 0.2) is 23.1 Å². The molecule has 1 amide bonds. The van der Waals surface area contributed by atoms with Gasteiger partial charge in [-0.3, -0.25) is 4.79 Å². The number of anilines is 1. The molecule has 0 aliphatic rings. The first kappa shape index (κ1) is 15.2. The van der Waals surface area contributed by atoms with E-state index in [1.54, 1.807) is 12.1 Å². The highest BCUT2D eigenvalue weighted by Gasteiger charge is 2.20. The third-order valence-corrected chi connectivity index (χ3v) is 4.27. The van der Waals surface area contributed by atoms with Gasteiger partial charge in [0, 0.05) is 23.7 Å². The summed E-state index contributed by atoms with van der Waals surface area (Å²) in [5, 5.41) is 0.449. The van der Waals surface area contributed by atoms with Crippen LogP contribution >= 0.6 is 23.4 Å². The van der Waals surface area contributed by atoms with Gasteiger partial charge < -0.3 is 10.6 Å². The molecule has 0 saturated heterocycles. The number of hydrogen-bond donors (Lipinski definition) is 1. The predicted molar refractivity (Wildman–Crippen MR) is 79.1 cm³/mol. The third kappa shape index (κ3) is 3.82. The molecule has 1 aromatic carbocycles. The van der Waals surface area contributed by atoms with Gasteiger partial charge in [-0.1, -0.05) is 11.6 Å². The van der Waals surface area contributed by atoms with Gasteiger partial charge in [0.1, 0.15) is 0 Å². The van der Waals surface area contributed by atoms with E-state index in [2.05, 4.69) is 0 Å². The Morgan fingerprint density at radius 3 is 2.56 bits per heavy atom. The molecule has 18 heavy (non-hydrogen) atoms. The van der Waals surface area contributed by atoms with Crippen LogP contribution in [-0.4, -0.2) is 29.1 Å². The standard InChI is InChI=1S/C13H19ClN2OS/c1-4-16(5-2)13(17)9(3)18-12-7-6-10(15)8-11(12)14/h6-9H,4-5,15H2,1-3H3. The van der Waals surface area contributed by atoms with Gasteiger partial charge in [0.15, 0.2) is 0 Å². The first-order valence-corrected chi connectivity index (χ1v) is 7.25. The number of nitrogens with two attached hydrogens (primary N) is 1. The highest BCUT2D eigenvalue weighted by Crippen LogP contribution is 2.32. The van der Waals surface area contributed by atoms with Crippen molar-refractivity contribution in [1.29, 1.82) is 0 Å². The summed E-state index contributed by atoms with van der Waals surface area (Å²) in [6.45, 7) is 7.33. The average Bonchev–Trinajstić information content (AvgIpc) is 2.34. The zero-order valence-electron chi connectivity index (χ0n) is 10.9. The lowest BCUT2D eigenvalue weighted by Gasteiger charge is -2.22. The van der Waals surface area contributed by atoms with Crippen molar-refractivity contribution >= 4 is 35.0 Å². The first-order valence-electron chi connectivity index (χ1n) is 6.00. The summed E-state index contributed by atoms with van der Waals surface area (Å²) in [7, 11) is 0. The third-order valence-electron chi connectivity index (χ3n) is 2.68. The topological polar surface area (TPSA) is 46.3 Å². The maximum atomic E-state index is 12.1. The minimum Gasteiger partial charge on any atom is -0.399 e. The Morgan fingerprint density at radius 1 is 1.44 bits per heavy atom. The number of nitrogen functional groups attached to an aromatic ring is 1. The number of carbonyl (C=O) groups is 1. The van der Waals surface area contributed by atoms with E-state index in [-0.39, 0.29) is 11.2 Å². The molecule has 2 N–H and O–H groups in total. The number of rotatable bonds is 5. The maximum absolute atomic E-state index is 12.1. The fraction of sp³-hybridized carbons (Fsp3) is 0.462. The van der Waals surface area contributed by atoms with Gasteiger partial charge >= 0.3 is 0 Å². The van der Waals surface area contributed by atoms with E-state index in [0.29, 0.717) is 10.7 Å². The normalized spacial score (nSPS) is 12.2. The number of benzene rings is 1. The summed E-state index contributed by atoms with van der Waals surface area (Å²) in [4.78, 5) is 14.8. The van der Waals surface area contributed by atoms with Crippen LogP contribution in [0.5, 0.6) is 0 Å².